The van der Waals surface area contributed by atoms with Crippen LogP contribution in [0.4, 0.5) is 4.39 Å². The first kappa shape index (κ1) is 14.8. The molecular formula is C17H17FNO3-. The SMILES string of the molecule is O=C([O-])[C@@H]1[C@H](C(=O)NCCc2ccc(F)cc2)[C@H]2C=C[C@H]1C2. The molecule has 0 saturated heterocycles. The first-order valence-electron chi connectivity index (χ1n) is 7.47. The highest BCUT2D eigenvalue weighted by atomic mass is 19.1. The van der Waals surface area contributed by atoms with Gasteiger partial charge >= 0.3 is 0 Å². The number of aliphatic carboxylic acids is 1. The number of allylic oxidation sites excluding steroid dienone is 2. The summed E-state index contributed by atoms with van der Waals surface area (Å²) in [5.74, 6) is -3.00. The fraction of sp³-hybridized carbons (Fsp3) is 0.412. The Hall–Kier alpha value is -2.17. The van der Waals surface area contributed by atoms with Crippen LogP contribution in [0.25, 0.3) is 0 Å². The number of rotatable bonds is 5. The summed E-state index contributed by atoms with van der Waals surface area (Å²) in [6.07, 6.45) is 5.12. The summed E-state index contributed by atoms with van der Waals surface area (Å²) in [4.78, 5) is 23.6. The zero-order chi connectivity index (χ0) is 15.7. The summed E-state index contributed by atoms with van der Waals surface area (Å²) >= 11 is 0. The summed E-state index contributed by atoms with van der Waals surface area (Å²) in [7, 11) is 0. The van der Waals surface area contributed by atoms with Crippen LogP contribution < -0.4 is 10.4 Å². The molecule has 4 nitrogen and oxygen atoms in total. The predicted molar refractivity (Wildman–Crippen MR) is 75.8 cm³/mol. The zero-order valence-electron chi connectivity index (χ0n) is 12.0. The number of benzene rings is 1. The van der Waals surface area contributed by atoms with Crippen molar-refractivity contribution in [2.24, 2.45) is 23.7 Å². The van der Waals surface area contributed by atoms with Crippen molar-refractivity contribution in [2.75, 3.05) is 6.54 Å². The molecular weight excluding hydrogens is 285 g/mol. The Balaban J connectivity index is 1.56. The second-order valence-electron chi connectivity index (χ2n) is 5.99. The fourth-order valence-corrected chi connectivity index (χ4v) is 3.60. The standard InChI is InChI=1S/C17H18FNO3/c18-13-5-1-10(2-6-13)7-8-19-16(20)14-11-3-4-12(9-11)15(14)17(21)22/h1-6,11-12,14-15H,7-9H2,(H,19,20)(H,21,22)/p-1/t11-,12-,14+,15-/m0/s1. The Morgan fingerprint density at radius 2 is 1.77 bits per heavy atom. The Labute approximate surface area is 128 Å². The molecule has 0 radical (unpaired) electrons. The van der Waals surface area contributed by atoms with Crippen LogP contribution in [0.2, 0.25) is 0 Å². The molecule has 4 atom stereocenters. The van der Waals surface area contributed by atoms with Crippen LogP contribution in [0.15, 0.2) is 36.4 Å². The van der Waals surface area contributed by atoms with E-state index in [-0.39, 0.29) is 23.6 Å². The van der Waals surface area contributed by atoms with E-state index in [1.54, 1.807) is 12.1 Å². The molecule has 2 aliphatic carbocycles. The van der Waals surface area contributed by atoms with Gasteiger partial charge in [-0.2, -0.15) is 0 Å². The topological polar surface area (TPSA) is 69.2 Å². The minimum Gasteiger partial charge on any atom is -0.550 e. The summed E-state index contributed by atoms with van der Waals surface area (Å²) in [6.45, 7) is 0.405. The number of hydrogen-bond acceptors (Lipinski definition) is 3. The zero-order valence-corrected chi connectivity index (χ0v) is 12.0. The predicted octanol–water partition coefficient (Wildman–Crippen LogP) is 0.673. The van der Waals surface area contributed by atoms with E-state index in [0.29, 0.717) is 19.4 Å². The van der Waals surface area contributed by atoms with E-state index in [2.05, 4.69) is 5.32 Å². The maximum atomic E-state index is 12.8. The van der Waals surface area contributed by atoms with Crippen molar-refractivity contribution < 1.29 is 19.1 Å². The molecule has 1 amide bonds. The highest BCUT2D eigenvalue weighted by Crippen LogP contribution is 2.47. The normalized spacial score (nSPS) is 28.8. The highest BCUT2D eigenvalue weighted by Gasteiger charge is 2.48. The van der Waals surface area contributed by atoms with Gasteiger partial charge in [0.2, 0.25) is 5.91 Å². The number of carbonyl (C=O) groups is 2. The molecule has 116 valence electrons. The van der Waals surface area contributed by atoms with Gasteiger partial charge in [0.1, 0.15) is 5.82 Å². The monoisotopic (exact) mass is 302 g/mol. The molecule has 0 aliphatic heterocycles. The maximum absolute atomic E-state index is 12.8. The molecule has 0 aromatic heterocycles. The van der Waals surface area contributed by atoms with Crippen molar-refractivity contribution >= 4 is 11.9 Å². The van der Waals surface area contributed by atoms with Crippen LogP contribution in [0.5, 0.6) is 0 Å². The van der Waals surface area contributed by atoms with Gasteiger partial charge in [0.15, 0.2) is 0 Å². The van der Waals surface area contributed by atoms with E-state index in [1.165, 1.54) is 12.1 Å². The van der Waals surface area contributed by atoms with E-state index in [4.69, 9.17) is 0 Å². The van der Waals surface area contributed by atoms with E-state index < -0.39 is 17.8 Å². The average Bonchev–Trinajstić information content (AvgIpc) is 3.09. The summed E-state index contributed by atoms with van der Waals surface area (Å²) < 4.78 is 12.8. The quantitative estimate of drug-likeness (QED) is 0.813. The number of nitrogens with one attached hydrogen (secondary N) is 1. The van der Waals surface area contributed by atoms with Crippen molar-refractivity contribution in [2.45, 2.75) is 12.8 Å². The third kappa shape index (κ3) is 2.75. The lowest BCUT2D eigenvalue weighted by atomic mass is 9.82. The number of carboxylic acids is 1. The molecule has 1 fully saturated rings. The molecule has 22 heavy (non-hydrogen) atoms. The van der Waals surface area contributed by atoms with Gasteiger partial charge in [0, 0.05) is 18.4 Å². The second-order valence-corrected chi connectivity index (χ2v) is 5.99. The molecule has 5 heteroatoms. The van der Waals surface area contributed by atoms with Gasteiger partial charge in [0.25, 0.3) is 0 Å². The van der Waals surface area contributed by atoms with Crippen molar-refractivity contribution in [3.05, 3.63) is 47.8 Å². The van der Waals surface area contributed by atoms with Crippen molar-refractivity contribution in [1.29, 1.82) is 0 Å². The van der Waals surface area contributed by atoms with Gasteiger partial charge in [-0.15, -0.1) is 0 Å². The summed E-state index contributed by atoms with van der Waals surface area (Å²) in [5, 5.41) is 14.1. The average molecular weight is 302 g/mol. The highest BCUT2D eigenvalue weighted by molar-refractivity contribution is 5.86. The minimum atomic E-state index is -1.14. The van der Waals surface area contributed by atoms with Crippen LogP contribution in [0.3, 0.4) is 0 Å². The van der Waals surface area contributed by atoms with Crippen molar-refractivity contribution in [3.8, 4) is 0 Å². The largest absolute Gasteiger partial charge is 0.550 e. The van der Waals surface area contributed by atoms with Gasteiger partial charge in [-0.3, -0.25) is 4.79 Å². The van der Waals surface area contributed by atoms with Gasteiger partial charge in [0.05, 0.1) is 5.92 Å². The summed E-state index contributed by atoms with van der Waals surface area (Å²) in [6, 6.07) is 6.10. The number of halogens is 1. The molecule has 2 bridgehead atoms. The van der Waals surface area contributed by atoms with Gasteiger partial charge in [-0.1, -0.05) is 24.3 Å². The van der Waals surface area contributed by atoms with Gasteiger partial charge < -0.3 is 15.2 Å². The lowest BCUT2D eigenvalue weighted by Crippen LogP contribution is -2.45. The van der Waals surface area contributed by atoms with Crippen molar-refractivity contribution in [1.82, 2.24) is 5.32 Å². The second kappa shape index (κ2) is 5.91. The number of hydrogen-bond donors (Lipinski definition) is 1. The number of carbonyl (C=O) groups excluding carboxylic acids is 2. The van der Waals surface area contributed by atoms with E-state index in [1.807, 2.05) is 12.2 Å². The van der Waals surface area contributed by atoms with Crippen LogP contribution in [-0.2, 0) is 16.0 Å². The molecule has 1 aromatic carbocycles. The first-order valence-corrected chi connectivity index (χ1v) is 7.47. The van der Waals surface area contributed by atoms with Crippen LogP contribution in [0, 0.1) is 29.5 Å². The lowest BCUT2D eigenvalue weighted by Gasteiger charge is -2.27. The van der Waals surface area contributed by atoms with Gasteiger partial charge in [-0.25, -0.2) is 4.39 Å². The van der Waals surface area contributed by atoms with E-state index >= 15 is 0 Å². The third-order valence-corrected chi connectivity index (χ3v) is 4.66. The Morgan fingerprint density at radius 1 is 1.14 bits per heavy atom. The van der Waals surface area contributed by atoms with E-state index in [9.17, 15) is 19.1 Å². The Morgan fingerprint density at radius 3 is 2.41 bits per heavy atom. The lowest BCUT2D eigenvalue weighted by molar-refractivity contribution is -0.313. The minimum absolute atomic E-state index is 0.00118. The molecule has 3 rings (SSSR count). The molecule has 0 spiro atoms. The smallest absolute Gasteiger partial charge is 0.224 e. The molecule has 2 aliphatic rings. The number of fused-ring (bicyclic) bond motifs is 2. The molecule has 0 heterocycles. The van der Waals surface area contributed by atoms with Crippen LogP contribution in [0.1, 0.15) is 12.0 Å². The Bertz CT molecular complexity index is 611. The fourth-order valence-electron chi connectivity index (χ4n) is 3.60. The number of amides is 1. The molecule has 0 unspecified atom stereocenters. The third-order valence-electron chi connectivity index (χ3n) is 4.66. The van der Waals surface area contributed by atoms with Gasteiger partial charge in [-0.05, 0) is 42.4 Å². The Kier molecular flexibility index (Phi) is 3.96. The van der Waals surface area contributed by atoms with Crippen molar-refractivity contribution in [3.63, 3.8) is 0 Å². The first-order chi connectivity index (χ1) is 10.6. The van der Waals surface area contributed by atoms with Crippen LogP contribution in [-0.4, -0.2) is 18.4 Å². The molecule has 1 saturated carbocycles. The van der Waals surface area contributed by atoms with Crippen LogP contribution >= 0.6 is 0 Å². The number of carboxylic acid groups (broad SMARTS) is 1. The van der Waals surface area contributed by atoms with E-state index in [0.717, 1.165) is 5.56 Å². The molecule has 1 N–H and O–H groups in total. The summed E-state index contributed by atoms with van der Waals surface area (Å²) in [5.41, 5.74) is 0.922. The maximum Gasteiger partial charge on any atom is 0.224 e. The molecule has 1 aromatic rings.